The van der Waals surface area contributed by atoms with Crippen LogP contribution in [0.2, 0.25) is 0 Å². The molecule has 8 nitrogen and oxygen atoms in total. The van der Waals surface area contributed by atoms with Crippen molar-refractivity contribution in [1.29, 1.82) is 5.26 Å². The molecule has 1 aliphatic rings. The number of anilines is 3. The molecule has 27 heavy (non-hydrogen) atoms. The van der Waals surface area contributed by atoms with Crippen LogP contribution in [0.25, 0.3) is 0 Å². The lowest BCUT2D eigenvalue weighted by molar-refractivity contribution is 0.686. The molecule has 0 aromatic carbocycles. The topological polar surface area (TPSA) is 103 Å². The summed E-state index contributed by atoms with van der Waals surface area (Å²) in [5.74, 6) is 2.30. The van der Waals surface area contributed by atoms with E-state index in [9.17, 15) is 5.26 Å². The molecule has 2 aromatic heterocycles. The first-order valence-corrected chi connectivity index (χ1v) is 9.50. The van der Waals surface area contributed by atoms with Crippen molar-refractivity contribution in [1.82, 2.24) is 20.2 Å². The van der Waals surface area contributed by atoms with Gasteiger partial charge in [0.2, 0.25) is 0 Å². The molecule has 0 spiro atoms. The third-order valence-corrected chi connectivity index (χ3v) is 5.04. The molecular weight excluding hydrogens is 340 g/mol. The zero-order valence-electron chi connectivity index (χ0n) is 16.2. The molecule has 3 heterocycles. The first-order valence-electron chi connectivity index (χ1n) is 9.50. The maximum Gasteiger partial charge on any atom is 0.167 e. The number of aromatic nitrogens is 4. The highest BCUT2D eigenvalue weighted by molar-refractivity contribution is 5.57. The van der Waals surface area contributed by atoms with Gasteiger partial charge in [0.1, 0.15) is 29.6 Å². The van der Waals surface area contributed by atoms with Gasteiger partial charge in [-0.15, -0.1) is 5.10 Å². The third-order valence-electron chi connectivity index (χ3n) is 5.04. The molecular formula is C19H26N8. The van der Waals surface area contributed by atoms with Gasteiger partial charge in [0.05, 0.1) is 5.69 Å². The van der Waals surface area contributed by atoms with Gasteiger partial charge < -0.3 is 15.5 Å². The first-order chi connectivity index (χ1) is 13.2. The normalized spacial score (nSPS) is 16.2. The second kappa shape index (κ2) is 8.62. The smallest absolute Gasteiger partial charge is 0.167 e. The van der Waals surface area contributed by atoms with Crippen LogP contribution in [-0.4, -0.2) is 46.3 Å². The van der Waals surface area contributed by atoms with Crippen molar-refractivity contribution in [2.75, 3.05) is 35.7 Å². The van der Waals surface area contributed by atoms with E-state index in [4.69, 9.17) is 0 Å². The van der Waals surface area contributed by atoms with Gasteiger partial charge in [-0.05, 0) is 31.2 Å². The lowest BCUT2D eigenvalue weighted by Gasteiger charge is -2.26. The summed E-state index contributed by atoms with van der Waals surface area (Å²) in [6.07, 6.45) is 5.31. The maximum atomic E-state index is 9.64. The summed E-state index contributed by atoms with van der Waals surface area (Å²) in [5, 5.41) is 24.6. The van der Waals surface area contributed by atoms with Crippen LogP contribution < -0.4 is 15.5 Å². The Hall–Kier alpha value is -2.95. The Labute approximate surface area is 160 Å². The molecule has 3 rings (SSSR count). The van der Waals surface area contributed by atoms with E-state index in [1.165, 1.54) is 0 Å². The monoisotopic (exact) mass is 366 g/mol. The van der Waals surface area contributed by atoms with E-state index in [1.54, 1.807) is 6.33 Å². The van der Waals surface area contributed by atoms with Crippen LogP contribution in [0.15, 0.2) is 12.4 Å². The van der Waals surface area contributed by atoms with Crippen LogP contribution in [0, 0.1) is 11.3 Å². The van der Waals surface area contributed by atoms with Crippen LogP contribution in [0.1, 0.15) is 43.5 Å². The Kier molecular flexibility index (Phi) is 6.01. The van der Waals surface area contributed by atoms with Gasteiger partial charge in [-0.25, -0.2) is 9.97 Å². The molecule has 0 amide bonds. The van der Waals surface area contributed by atoms with E-state index < -0.39 is 0 Å². The molecule has 0 bridgehead atoms. The Bertz CT molecular complexity index is 829. The Morgan fingerprint density at radius 1 is 1.26 bits per heavy atom. The fraction of sp³-hybridized carbons (Fsp3) is 0.526. The number of hydrogen-bond acceptors (Lipinski definition) is 8. The maximum absolute atomic E-state index is 9.64. The molecule has 8 heteroatoms. The van der Waals surface area contributed by atoms with Crippen molar-refractivity contribution in [3.05, 3.63) is 29.2 Å². The molecule has 0 radical (unpaired) electrons. The first kappa shape index (κ1) is 18.8. The minimum absolute atomic E-state index is 0.286. The van der Waals surface area contributed by atoms with Crippen molar-refractivity contribution < 1.29 is 0 Å². The summed E-state index contributed by atoms with van der Waals surface area (Å²) >= 11 is 0. The van der Waals surface area contributed by atoms with E-state index in [0.717, 1.165) is 55.1 Å². The van der Waals surface area contributed by atoms with E-state index in [2.05, 4.69) is 41.8 Å². The van der Waals surface area contributed by atoms with Crippen LogP contribution >= 0.6 is 0 Å². The molecule has 1 unspecified atom stereocenters. The lowest BCUT2D eigenvalue weighted by atomic mass is 10.0. The van der Waals surface area contributed by atoms with E-state index >= 15 is 0 Å². The van der Waals surface area contributed by atoms with E-state index in [0.29, 0.717) is 17.9 Å². The molecule has 1 fully saturated rings. The molecule has 2 aromatic rings. The summed E-state index contributed by atoms with van der Waals surface area (Å²) in [4.78, 5) is 10.9. The van der Waals surface area contributed by atoms with Gasteiger partial charge in [-0.1, -0.05) is 13.8 Å². The Morgan fingerprint density at radius 3 is 2.81 bits per heavy atom. The van der Waals surface area contributed by atoms with Crippen LogP contribution in [0.5, 0.6) is 0 Å². The van der Waals surface area contributed by atoms with Gasteiger partial charge in [-0.3, -0.25) is 0 Å². The van der Waals surface area contributed by atoms with Crippen molar-refractivity contribution in [2.45, 2.75) is 45.6 Å². The summed E-state index contributed by atoms with van der Waals surface area (Å²) in [6, 6.07) is 4.56. The third kappa shape index (κ3) is 3.92. The van der Waals surface area contributed by atoms with Crippen molar-refractivity contribution >= 4 is 17.5 Å². The van der Waals surface area contributed by atoms with Gasteiger partial charge in [-0.2, -0.15) is 10.4 Å². The van der Waals surface area contributed by atoms with E-state index in [1.807, 2.05) is 27.0 Å². The Morgan fingerprint density at radius 2 is 2.11 bits per heavy atom. The fourth-order valence-electron chi connectivity index (χ4n) is 3.62. The highest BCUT2D eigenvalue weighted by Crippen LogP contribution is 2.26. The molecule has 0 saturated carbocycles. The average Bonchev–Trinajstić information content (AvgIpc) is 3.19. The minimum atomic E-state index is 0.286. The summed E-state index contributed by atoms with van der Waals surface area (Å²) < 4.78 is 0. The summed E-state index contributed by atoms with van der Waals surface area (Å²) in [6.45, 7) is 5.73. The van der Waals surface area contributed by atoms with Crippen LogP contribution in [-0.2, 0) is 12.8 Å². The second-order valence-corrected chi connectivity index (χ2v) is 6.55. The zero-order chi connectivity index (χ0) is 19.2. The number of nitrogens with one attached hydrogen (secondary N) is 2. The van der Waals surface area contributed by atoms with Gasteiger partial charge >= 0.3 is 0 Å². The standard InChI is InChI=1S/C19H26N8/c1-4-14-15(10-20)19(26-25-16(14)5-2)22-11-13-7-6-8-27(13)18-9-17(21-3)23-12-24-18/h9,12-13H,4-8,11H2,1-3H3,(H,22,26)(H,21,23,24). The highest BCUT2D eigenvalue weighted by Gasteiger charge is 2.26. The predicted octanol–water partition coefficient (Wildman–Crippen LogP) is 2.39. The fourth-order valence-corrected chi connectivity index (χ4v) is 3.62. The Balaban J connectivity index is 1.77. The van der Waals surface area contributed by atoms with E-state index in [-0.39, 0.29) is 6.04 Å². The summed E-state index contributed by atoms with van der Waals surface area (Å²) in [7, 11) is 1.85. The quantitative estimate of drug-likeness (QED) is 0.770. The average molecular weight is 366 g/mol. The zero-order valence-corrected chi connectivity index (χ0v) is 16.2. The van der Waals surface area contributed by atoms with Gasteiger partial charge in [0.25, 0.3) is 0 Å². The minimum Gasteiger partial charge on any atom is -0.373 e. The number of nitriles is 1. The van der Waals surface area contributed by atoms with Gasteiger partial charge in [0, 0.05) is 32.2 Å². The number of rotatable bonds is 7. The molecule has 0 aliphatic carbocycles. The summed E-state index contributed by atoms with van der Waals surface area (Å²) in [5.41, 5.74) is 2.52. The SMILES string of the molecule is CCc1nnc(NCC2CCCN2c2cc(NC)ncn2)c(C#N)c1CC. The second-order valence-electron chi connectivity index (χ2n) is 6.55. The molecule has 1 aliphatic heterocycles. The molecule has 1 atom stereocenters. The molecule has 1 saturated heterocycles. The molecule has 142 valence electrons. The lowest BCUT2D eigenvalue weighted by Crippen LogP contribution is -2.36. The van der Waals surface area contributed by atoms with Crippen LogP contribution in [0.3, 0.4) is 0 Å². The number of hydrogen-bond donors (Lipinski definition) is 2. The number of aryl methyl sites for hydroxylation is 1. The van der Waals surface area contributed by atoms with Crippen molar-refractivity contribution in [3.63, 3.8) is 0 Å². The van der Waals surface area contributed by atoms with Crippen molar-refractivity contribution in [3.8, 4) is 6.07 Å². The van der Waals surface area contributed by atoms with Crippen molar-refractivity contribution in [2.24, 2.45) is 0 Å². The number of nitrogens with zero attached hydrogens (tertiary/aromatic N) is 6. The van der Waals surface area contributed by atoms with Crippen LogP contribution in [0.4, 0.5) is 17.5 Å². The largest absolute Gasteiger partial charge is 0.373 e. The molecule has 2 N–H and O–H groups in total. The predicted molar refractivity (Wildman–Crippen MR) is 106 cm³/mol. The highest BCUT2D eigenvalue weighted by atomic mass is 15.3. The van der Waals surface area contributed by atoms with Gasteiger partial charge in [0.15, 0.2) is 5.82 Å².